The van der Waals surface area contributed by atoms with Crippen LogP contribution in [0, 0.1) is 0 Å². The summed E-state index contributed by atoms with van der Waals surface area (Å²) in [6.45, 7) is 0. The molecule has 0 bridgehead atoms. The van der Waals surface area contributed by atoms with Crippen LogP contribution >= 0.6 is 0 Å². The minimum Gasteiger partial charge on any atom is -0.497 e. The third-order valence-corrected chi connectivity index (χ3v) is 3.54. The average Bonchev–Trinajstić information content (AvgIpc) is 2.90. The zero-order valence-electron chi connectivity index (χ0n) is 11.8. The first kappa shape index (κ1) is 13.4. The van der Waals surface area contributed by atoms with E-state index >= 15 is 0 Å². The molecule has 106 valence electrons. The van der Waals surface area contributed by atoms with Crippen LogP contribution in [0.1, 0.15) is 23.7 Å². The second-order valence-corrected chi connectivity index (χ2v) is 4.95. The van der Waals surface area contributed by atoms with E-state index in [0.29, 0.717) is 12.0 Å². The fourth-order valence-electron chi connectivity index (χ4n) is 2.40. The zero-order chi connectivity index (χ0) is 14.7. The predicted molar refractivity (Wildman–Crippen MR) is 80.9 cm³/mol. The number of ether oxygens (including phenoxy) is 2. The van der Waals surface area contributed by atoms with Crippen molar-refractivity contribution in [2.45, 2.75) is 12.5 Å². The molecule has 3 rings (SSSR count). The smallest absolute Gasteiger partial charge is 0.334 e. The van der Waals surface area contributed by atoms with Gasteiger partial charge in [0.1, 0.15) is 11.9 Å². The van der Waals surface area contributed by atoms with Crippen LogP contribution < -0.4 is 4.74 Å². The SMILES string of the molecule is COc1ccc(/C=C2\CC(c3ccccc3)OC2=O)cc1. The van der Waals surface area contributed by atoms with Gasteiger partial charge in [0.2, 0.25) is 0 Å². The number of benzene rings is 2. The molecule has 0 aromatic heterocycles. The molecule has 0 radical (unpaired) electrons. The normalized spacial score (nSPS) is 19.6. The van der Waals surface area contributed by atoms with Crippen molar-refractivity contribution >= 4 is 12.0 Å². The lowest BCUT2D eigenvalue weighted by molar-refractivity contribution is -0.139. The molecule has 2 aromatic carbocycles. The quantitative estimate of drug-likeness (QED) is 0.634. The van der Waals surface area contributed by atoms with Gasteiger partial charge in [-0.2, -0.15) is 0 Å². The Hall–Kier alpha value is -2.55. The number of hydrogen-bond acceptors (Lipinski definition) is 3. The molecule has 3 nitrogen and oxygen atoms in total. The van der Waals surface area contributed by atoms with Crippen molar-refractivity contribution in [1.82, 2.24) is 0 Å². The van der Waals surface area contributed by atoms with Crippen molar-refractivity contribution in [3.05, 3.63) is 71.3 Å². The molecule has 0 spiro atoms. The first-order chi connectivity index (χ1) is 10.3. The van der Waals surface area contributed by atoms with Crippen molar-refractivity contribution in [3.63, 3.8) is 0 Å². The molecule has 1 heterocycles. The number of methoxy groups -OCH3 is 1. The summed E-state index contributed by atoms with van der Waals surface area (Å²) in [5, 5.41) is 0. The number of hydrogen-bond donors (Lipinski definition) is 0. The number of esters is 1. The van der Waals surface area contributed by atoms with Crippen LogP contribution in [-0.2, 0) is 9.53 Å². The monoisotopic (exact) mass is 280 g/mol. The van der Waals surface area contributed by atoms with E-state index in [9.17, 15) is 4.79 Å². The summed E-state index contributed by atoms with van der Waals surface area (Å²) in [5.41, 5.74) is 2.70. The average molecular weight is 280 g/mol. The van der Waals surface area contributed by atoms with Crippen molar-refractivity contribution in [3.8, 4) is 5.75 Å². The van der Waals surface area contributed by atoms with Crippen LogP contribution in [-0.4, -0.2) is 13.1 Å². The first-order valence-electron chi connectivity index (χ1n) is 6.87. The van der Waals surface area contributed by atoms with Gasteiger partial charge in [0.25, 0.3) is 0 Å². The van der Waals surface area contributed by atoms with Gasteiger partial charge in [-0.05, 0) is 29.3 Å². The molecule has 1 aliphatic rings. The van der Waals surface area contributed by atoms with Crippen molar-refractivity contribution < 1.29 is 14.3 Å². The maximum absolute atomic E-state index is 12.0. The van der Waals surface area contributed by atoms with Crippen LogP contribution in [0.3, 0.4) is 0 Å². The molecule has 1 unspecified atom stereocenters. The highest BCUT2D eigenvalue weighted by Crippen LogP contribution is 2.33. The van der Waals surface area contributed by atoms with Crippen LogP contribution in [0.4, 0.5) is 0 Å². The lowest BCUT2D eigenvalue weighted by atomic mass is 10.0. The summed E-state index contributed by atoms with van der Waals surface area (Å²) in [4.78, 5) is 12.0. The third kappa shape index (κ3) is 2.97. The molecule has 0 amide bonds. The Morgan fingerprint density at radius 3 is 2.48 bits per heavy atom. The highest BCUT2D eigenvalue weighted by Gasteiger charge is 2.29. The molecule has 1 aliphatic heterocycles. The van der Waals surface area contributed by atoms with Crippen molar-refractivity contribution in [1.29, 1.82) is 0 Å². The molecule has 3 heteroatoms. The molecule has 21 heavy (non-hydrogen) atoms. The standard InChI is InChI=1S/C18H16O3/c1-20-16-9-7-13(8-10-16)11-15-12-17(21-18(15)19)14-5-3-2-4-6-14/h2-11,17H,12H2,1H3/b15-11+. The zero-order valence-corrected chi connectivity index (χ0v) is 11.8. The van der Waals surface area contributed by atoms with Crippen LogP contribution in [0.5, 0.6) is 5.75 Å². The summed E-state index contributed by atoms with van der Waals surface area (Å²) >= 11 is 0. The van der Waals surface area contributed by atoms with E-state index in [1.54, 1.807) is 7.11 Å². The fourth-order valence-corrected chi connectivity index (χ4v) is 2.40. The largest absolute Gasteiger partial charge is 0.497 e. The lowest BCUT2D eigenvalue weighted by Crippen LogP contribution is -1.98. The van der Waals surface area contributed by atoms with E-state index < -0.39 is 0 Å². The highest BCUT2D eigenvalue weighted by atomic mass is 16.5. The molecular weight excluding hydrogens is 264 g/mol. The van der Waals surface area contributed by atoms with E-state index in [1.165, 1.54) is 0 Å². The lowest BCUT2D eigenvalue weighted by Gasteiger charge is -2.07. The van der Waals surface area contributed by atoms with Gasteiger partial charge in [0.05, 0.1) is 7.11 Å². The summed E-state index contributed by atoms with van der Waals surface area (Å²) in [6.07, 6.45) is 2.31. The molecular formula is C18H16O3. The second-order valence-electron chi connectivity index (χ2n) is 4.95. The number of rotatable bonds is 3. The van der Waals surface area contributed by atoms with E-state index in [-0.39, 0.29) is 12.1 Å². The second kappa shape index (κ2) is 5.83. The molecule has 1 saturated heterocycles. The van der Waals surface area contributed by atoms with Gasteiger partial charge in [0, 0.05) is 12.0 Å². The Balaban J connectivity index is 1.79. The third-order valence-electron chi connectivity index (χ3n) is 3.54. The predicted octanol–water partition coefficient (Wildman–Crippen LogP) is 3.77. The van der Waals surface area contributed by atoms with Gasteiger partial charge in [-0.25, -0.2) is 4.79 Å². The van der Waals surface area contributed by atoms with Gasteiger partial charge in [-0.3, -0.25) is 0 Å². The van der Waals surface area contributed by atoms with E-state index in [4.69, 9.17) is 9.47 Å². The Kier molecular flexibility index (Phi) is 3.73. The molecule has 1 fully saturated rings. The Labute approximate surface area is 123 Å². The molecule has 2 aromatic rings. The van der Waals surface area contributed by atoms with Crippen LogP contribution in [0.2, 0.25) is 0 Å². The van der Waals surface area contributed by atoms with Gasteiger partial charge < -0.3 is 9.47 Å². The molecule has 1 atom stereocenters. The summed E-state index contributed by atoms with van der Waals surface area (Å²) in [5.74, 6) is 0.563. The van der Waals surface area contributed by atoms with E-state index in [1.807, 2.05) is 60.7 Å². The summed E-state index contributed by atoms with van der Waals surface area (Å²) in [7, 11) is 1.63. The number of carbonyl (C=O) groups is 1. The number of cyclic esters (lactones) is 1. The maximum atomic E-state index is 12.0. The summed E-state index contributed by atoms with van der Waals surface area (Å²) in [6, 6.07) is 17.4. The van der Waals surface area contributed by atoms with Crippen LogP contribution in [0.15, 0.2) is 60.2 Å². The minimum atomic E-state index is -0.236. The van der Waals surface area contributed by atoms with Gasteiger partial charge in [0.15, 0.2) is 0 Å². The molecule has 0 aliphatic carbocycles. The summed E-state index contributed by atoms with van der Waals surface area (Å²) < 4.78 is 10.6. The maximum Gasteiger partial charge on any atom is 0.334 e. The van der Waals surface area contributed by atoms with Crippen molar-refractivity contribution in [2.75, 3.05) is 7.11 Å². The minimum absolute atomic E-state index is 0.178. The van der Waals surface area contributed by atoms with Gasteiger partial charge in [-0.15, -0.1) is 0 Å². The van der Waals surface area contributed by atoms with Gasteiger partial charge >= 0.3 is 5.97 Å². The fraction of sp³-hybridized carbons (Fsp3) is 0.167. The Morgan fingerprint density at radius 2 is 1.81 bits per heavy atom. The topological polar surface area (TPSA) is 35.5 Å². The Morgan fingerprint density at radius 1 is 1.10 bits per heavy atom. The van der Waals surface area contributed by atoms with Gasteiger partial charge in [-0.1, -0.05) is 42.5 Å². The first-order valence-corrected chi connectivity index (χ1v) is 6.87. The number of carbonyl (C=O) groups excluding carboxylic acids is 1. The van der Waals surface area contributed by atoms with Crippen molar-refractivity contribution in [2.24, 2.45) is 0 Å². The highest BCUT2D eigenvalue weighted by molar-refractivity contribution is 5.95. The van der Waals surface area contributed by atoms with E-state index in [0.717, 1.165) is 16.9 Å². The molecule has 0 N–H and O–H groups in total. The van der Waals surface area contributed by atoms with E-state index in [2.05, 4.69) is 0 Å². The molecule has 0 saturated carbocycles. The Bertz CT molecular complexity index is 657. The van der Waals surface area contributed by atoms with Crippen LogP contribution in [0.25, 0.3) is 6.08 Å².